The Labute approximate surface area is 218 Å². The third kappa shape index (κ3) is 3.71. The second kappa shape index (κ2) is 9.01. The normalized spacial score (nSPS) is 24.0. The minimum absolute atomic E-state index is 0.0453. The number of aromatic hydroxyl groups is 1. The van der Waals surface area contributed by atoms with Crippen molar-refractivity contribution in [3.05, 3.63) is 79.1 Å². The van der Waals surface area contributed by atoms with Crippen LogP contribution in [0.25, 0.3) is 5.76 Å². The maximum Gasteiger partial charge on any atom is 0.270 e. The number of primary amides is 1. The number of rotatable bonds is 5. The van der Waals surface area contributed by atoms with Crippen molar-refractivity contribution in [3.63, 3.8) is 0 Å². The monoisotopic (exact) mass is 535 g/mol. The number of phenols is 1. The summed E-state index contributed by atoms with van der Waals surface area (Å²) in [6, 6.07) is 3.77. The second-order valence-electron chi connectivity index (χ2n) is 9.57. The van der Waals surface area contributed by atoms with E-state index in [1.54, 1.807) is 0 Å². The molecule has 14 heteroatoms. The van der Waals surface area contributed by atoms with E-state index < -0.39 is 69.8 Å². The number of nitrogens with zero attached hydrogens (tertiary/aromatic N) is 2. The van der Waals surface area contributed by atoms with E-state index in [0.717, 1.165) is 12.4 Å². The number of aliphatic hydroxyl groups is 2. The molecule has 0 unspecified atom stereocenters. The van der Waals surface area contributed by atoms with Gasteiger partial charge in [-0.25, -0.2) is 4.98 Å². The van der Waals surface area contributed by atoms with Crippen molar-refractivity contribution in [2.45, 2.75) is 31.3 Å². The second-order valence-corrected chi connectivity index (χ2v) is 9.57. The number of aromatic amines is 1. The van der Waals surface area contributed by atoms with Crippen molar-refractivity contribution >= 4 is 29.1 Å². The molecule has 0 aliphatic heterocycles. The van der Waals surface area contributed by atoms with Crippen molar-refractivity contribution in [2.24, 2.45) is 22.7 Å². The van der Waals surface area contributed by atoms with Crippen LogP contribution in [-0.4, -0.2) is 54.2 Å². The molecular weight excluding hydrogens is 514 g/mol. The first kappa shape index (κ1) is 25.5. The summed E-state index contributed by atoms with van der Waals surface area (Å²) in [5, 5.41) is 38.0. The maximum atomic E-state index is 13.7. The van der Waals surface area contributed by atoms with Gasteiger partial charge in [0.25, 0.3) is 17.4 Å². The standard InChI is InChI=1S/C25H21N5O9/c26-23(37)19-15(32)5-11-3-10-4-12-9(7-27-24(38)13-6-16(33)29-8-28-13)1-2-14(31)18(12)20(34)17(10)21(35)25(11,30-39)22(19)36/h1-2,6,8,10-11,31,34,36H,3-5,7H2,(H2,26,37)(H,27,38)(H,28,29,33)/t10-,11+,25+/m1/s1. The number of nitrogens with one attached hydrogen (secondary N) is 2. The molecule has 3 aliphatic rings. The Kier molecular flexibility index (Phi) is 5.89. The molecule has 2 amide bonds. The molecule has 1 saturated carbocycles. The number of aromatic nitrogens is 2. The number of nitrogens with two attached hydrogens (primary N) is 1. The Balaban J connectivity index is 1.56. The highest BCUT2D eigenvalue weighted by molar-refractivity contribution is 6.23. The molecular formula is C25H21N5O9. The molecule has 0 radical (unpaired) electrons. The molecule has 0 bridgehead atoms. The summed E-state index contributed by atoms with van der Waals surface area (Å²) in [4.78, 5) is 80.2. The van der Waals surface area contributed by atoms with Crippen LogP contribution >= 0.6 is 0 Å². The molecule has 7 N–H and O–H groups in total. The van der Waals surface area contributed by atoms with E-state index in [4.69, 9.17) is 5.73 Å². The number of hydrogen-bond acceptors (Lipinski definition) is 11. The number of Topliss-reactive ketones (excluding diaryl/α,β-unsaturated/α-hetero) is 2. The van der Waals surface area contributed by atoms with E-state index in [1.165, 1.54) is 12.1 Å². The van der Waals surface area contributed by atoms with Crippen LogP contribution in [0.15, 0.2) is 51.4 Å². The first-order chi connectivity index (χ1) is 18.5. The molecule has 3 atom stereocenters. The molecule has 14 nitrogen and oxygen atoms in total. The average Bonchev–Trinajstić information content (AvgIpc) is 2.87. The number of ketones is 2. The summed E-state index contributed by atoms with van der Waals surface area (Å²) in [6.45, 7) is -0.0908. The SMILES string of the molecule is NC(=O)C1=C(O)[C@@]2(N=O)C(=O)C3=C(O)c4c(O)ccc(CNC(=O)c5cc(=O)[nH]cn5)c4C[C@H]3C[C@H]2CC1=O. The van der Waals surface area contributed by atoms with Crippen LogP contribution in [0.2, 0.25) is 0 Å². The molecule has 2 aromatic rings. The fourth-order valence-corrected chi connectivity index (χ4v) is 5.77. The number of hydrogen-bond donors (Lipinski definition) is 6. The van der Waals surface area contributed by atoms with Crippen LogP contribution in [0.1, 0.15) is 40.0 Å². The number of phenolic OH excluding ortho intramolecular Hbond substituents is 1. The minimum Gasteiger partial charge on any atom is -0.508 e. The fourth-order valence-electron chi connectivity index (χ4n) is 5.77. The van der Waals surface area contributed by atoms with Crippen molar-refractivity contribution in [2.75, 3.05) is 0 Å². The van der Waals surface area contributed by atoms with Crippen LogP contribution < -0.4 is 16.6 Å². The van der Waals surface area contributed by atoms with E-state index in [2.05, 4.69) is 20.5 Å². The quantitative estimate of drug-likeness (QED) is 0.224. The Hall–Kier alpha value is -5.14. The Morgan fingerprint density at radius 3 is 2.59 bits per heavy atom. The number of fused-ring (bicyclic) bond motifs is 3. The lowest BCUT2D eigenvalue weighted by Crippen LogP contribution is -2.57. The van der Waals surface area contributed by atoms with Gasteiger partial charge < -0.3 is 31.4 Å². The highest BCUT2D eigenvalue weighted by Crippen LogP contribution is 2.53. The Morgan fingerprint density at radius 2 is 1.92 bits per heavy atom. The largest absolute Gasteiger partial charge is 0.508 e. The molecule has 0 saturated heterocycles. The number of carbonyl (C=O) groups excluding carboxylic acids is 4. The molecule has 0 spiro atoms. The van der Waals surface area contributed by atoms with Crippen LogP contribution in [0, 0.1) is 16.7 Å². The zero-order valence-electron chi connectivity index (χ0n) is 20.1. The molecule has 5 rings (SSSR count). The topological polar surface area (TPSA) is 242 Å². The number of amides is 2. The van der Waals surface area contributed by atoms with Gasteiger partial charge in [0, 0.05) is 30.5 Å². The van der Waals surface area contributed by atoms with Gasteiger partial charge in [-0.1, -0.05) is 6.07 Å². The summed E-state index contributed by atoms with van der Waals surface area (Å²) < 4.78 is 0. The maximum absolute atomic E-state index is 13.7. The van der Waals surface area contributed by atoms with Crippen LogP contribution in [0.3, 0.4) is 0 Å². The van der Waals surface area contributed by atoms with Gasteiger partial charge in [0.1, 0.15) is 28.5 Å². The summed E-state index contributed by atoms with van der Waals surface area (Å²) in [5.74, 6) is -7.93. The Morgan fingerprint density at radius 1 is 1.18 bits per heavy atom. The van der Waals surface area contributed by atoms with Crippen molar-refractivity contribution in [1.82, 2.24) is 15.3 Å². The predicted molar refractivity (Wildman–Crippen MR) is 131 cm³/mol. The summed E-state index contributed by atoms with van der Waals surface area (Å²) in [6.07, 6.45) is 0.642. The van der Waals surface area contributed by atoms with Gasteiger partial charge in [-0.2, -0.15) is 0 Å². The van der Waals surface area contributed by atoms with E-state index >= 15 is 0 Å². The summed E-state index contributed by atoms with van der Waals surface area (Å²) >= 11 is 0. The van der Waals surface area contributed by atoms with Crippen molar-refractivity contribution < 1.29 is 34.5 Å². The highest BCUT2D eigenvalue weighted by atomic mass is 16.3. The zero-order chi connectivity index (χ0) is 28.2. The number of benzene rings is 1. The van der Waals surface area contributed by atoms with Crippen LogP contribution in [0.5, 0.6) is 5.75 Å². The van der Waals surface area contributed by atoms with Gasteiger partial charge in [0.2, 0.25) is 11.3 Å². The van der Waals surface area contributed by atoms with Gasteiger partial charge in [0.15, 0.2) is 5.78 Å². The lowest BCUT2D eigenvalue weighted by atomic mass is 9.58. The van der Waals surface area contributed by atoms with Gasteiger partial charge in [0.05, 0.1) is 11.9 Å². The van der Waals surface area contributed by atoms with Crippen molar-refractivity contribution in [1.29, 1.82) is 0 Å². The molecule has 39 heavy (non-hydrogen) atoms. The van der Waals surface area contributed by atoms with Gasteiger partial charge >= 0.3 is 0 Å². The molecule has 1 heterocycles. The third-order valence-corrected chi connectivity index (χ3v) is 7.54. The number of nitroso groups, excluding NO2 is 1. The van der Waals surface area contributed by atoms with E-state index in [9.17, 15) is 44.2 Å². The Bertz CT molecular complexity index is 1620. The van der Waals surface area contributed by atoms with E-state index in [0.29, 0.717) is 11.1 Å². The van der Waals surface area contributed by atoms with Crippen molar-refractivity contribution in [3.8, 4) is 5.75 Å². The molecule has 1 fully saturated rings. The minimum atomic E-state index is -2.53. The average molecular weight is 535 g/mol. The molecule has 3 aliphatic carbocycles. The molecule has 1 aromatic carbocycles. The number of carbonyl (C=O) groups is 4. The first-order valence-electron chi connectivity index (χ1n) is 11.8. The van der Waals surface area contributed by atoms with Gasteiger partial charge in [-0.05, 0) is 41.1 Å². The third-order valence-electron chi connectivity index (χ3n) is 7.54. The highest BCUT2D eigenvalue weighted by Gasteiger charge is 2.63. The van der Waals surface area contributed by atoms with E-state index in [1.807, 2.05) is 0 Å². The van der Waals surface area contributed by atoms with Gasteiger partial charge in [-0.3, -0.25) is 24.0 Å². The predicted octanol–water partition coefficient (Wildman–Crippen LogP) is 0.211. The summed E-state index contributed by atoms with van der Waals surface area (Å²) in [5.41, 5.74) is 1.62. The van der Waals surface area contributed by atoms with E-state index in [-0.39, 0.29) is 42.0 Å². The number of aliphatic hydroxyl groups excluding tert-OH is 2. The lowest BCUT2D eigenvalue weighted by Gasteiger charge is -2.45. The molecule has 1 aromatic heterocycles. The number of H-pyrrole nitrogens is 1. The van der Waals surface area contributed by atoms with Crippen LogP contribution in [0.4, 0.5) is 0 Å². The lowest BCUT2D eigenvalue weighted by molar-refractivity contribution is -0.129. The smallest absolute Gasteiger partial charge is 0.270 e. The first-order valence-corrected chi connectivity index (χ1v) is 11.8. The zero-order valence-corrected chi connectivity index (χ0v) is 20.1. The summed E-state index contributed by atoms with van der Waals surface area (Å²) in [7, 11) is 0. The molecule has 200 valence electrons. The van der Waals surface area contributed by atoms with Gasteiger partial charge in [-0.15, -0.1) is 4.91 Å². The fraction of sp³-hybridized carbons (Fsp3) is 0.280. The van der Waals surface area contributed by atoms with Crippen LogP contribution in [-0.2, 0) is 27.3 Å².